The Balaban J connectivity index is 2.78. The van der Waals surface area contributed by atoms with Gasteiger partial charge in [-0.25, -0.2) is 0 Å². The molecular weight excluding hydrogens is 248 g/mol. The average molecular weight is 266 g/mol. The normalized spacial score (nSPS) is 19.4. The molecule has 0 aliphatic heterocycles. The van der Waals surface area contributed by atoms with E-state index in [4.69, 9.17) is 0 Å². The van der Waals surface area contributed by atoms with Gasteiger partial charge in [0.15, 0.2) is 0 Å². The summed E-state index contributed by atoms with van der Waals surface area (Å²) < 4.78 is 32.8. The standard InChI is InChI=1S/C14H18O3S/c1-8(2)12-10-6-5-7-11(10)14(18(15,16)17)13(12)9(3)4/h5-9H,1-4H3,(H,15,16,17). The van der Waals surface area contributed by atoms with E-state index in [2.05, 4.69) is 0 Å². The lowest BCUT2D eigenvalue weighted by molar-refractivity contribution is 0.491. The molecule has 0 fully saturated rings. The summed E-state index contributed by atoms with van der Waals surface area (Å²) in [5, 5.41) is 0. The van der Waals surface area contributed by atoms with Crippen LogP contribution in [0.25, 0.3) is 0 Å². The highest BCUT2D eigenvalue weighted by atomic mass is 32.2. The summed E-state index contributed by atoms with van der Waals surface area (Å²) in [5.41, 5.74) is 3.39. The van der Waals surface area contributed by atoms with E-state index >= 15 is 0 Å². The van der Waals surface area contributed by atoms with Crippen molar-refractivity contribution in [3.8, 4) is 0 Å². The molecule has 2 aliphatic rings. The van der Waals surface area contributed by atoms with Crippen LogP contribution in [-0.2, 0) is 10.1 Å². The van der Waals surface area contributed by atoms with Crippen LogP contribution in [-0.4, -0.2) is 13.0 Å². The molecule has 0 aromatic carbocycles. The van der Waals surface area contributed by atoms with Crippen molar-refractivity contribution in [2.45, 2.75) is 27.7 Å². The molecule has 0 atom stereocenters. The molecule has 0 saturated carbocycles. The maximum atomic E-state index is 11.7. The zero-order chi connectivity index (χ0) is 13.7. The van der Waals surface area contributed by atoms with Gasteiger partial charge in [0.2, 0.25) is 0 Å². The van der Waals surface area contributed by atoms with E-state index < -0.39 is 10.1 Å². The van der Waals surface area contributed by atoms with Crippen LogP contribution < -0.4 is 0 Å². The minimum absolute atomic E-state index is 0.0618. The van der Waals surface area contributed by atoms with E-state index in [1.54, 1.807) is 6.08 Å². The number of rotatable bonds is 3. The molecule has 3 nitrogen and oxygen atoms in total. The first kappa shape index (κ1) is 13.3. The largest absolute Gasteiger partial charge is 0.295 e. The van der Waals surface area contributed by atoms with Crippen molar-refractivity contribution in [3.63, 3.8) is 0 Å². The van der Waals surface area contributed by atoms with E-state index in [-0.39, 0.29) is 16.7 Å². The zero-order valence-corrected chi connectivity index (χ0v) is 11.9. The van der Waals surface area contributed by atoms with Crippen molar-refractivity contribution < 1.29 is 13.0 Å². The molecule has 1 N–H and O–H groups in total. The van der Waals surface area contributed by atoms with Gasteiger partial charge >= 0.3 is 0 Å². The summed E-state index contributed by atoms with van der Waals surface area (Å²) in [6, 6.07) is 0. The maximum absolute atomic E-state index is 11.7. The second kappa shape index (κ2) is 4.21. The van der Waals surface area contributed by atoms with Crippen molar-refractivity contribution in [1.82, 2.24) is 0 Å². The Kier molecular flexibility index (Phi) is 3.11. The lowest BCUT2D eigenvalue weighted by Crippen LogP contribution is -2.09. The average Bonchev–Trinajstić information content (AvgIpc) is 2.70. The molecule has 4 heteroatoms. The summed E-state index contributed by atoms with van der Waals surface area (Å²) in [4.78, 5) is 0.0983. The highest BCUT2D eigenvalue weighted by Crippen LogP contribution is 2.47. The molecule has 2 aliphatic carbocycles. The molecule has 0 aromatic heterocycles. The molecule has 0 unspecified atom stereocenters. The third-order valence-corrected chi connectivity index (χ3v) is 4.25. The fourth-order valence-electron chi connectivity index (χ4n) is 2.74. The first-order valence-corrected chi connectivity index (χ1v) is 7.54. The van der Waals surface area contributed by atoms with Crippen LogP contribution in [0, 0.1) is 11.8 Å². The molecule has 0 saturated heterocycles. The summed E-state index contributed by atoms with van der Waals surface area (Å²) >= 11 is 0. The van der Waals surface area contributed by atoms with E-state index in [9.17, 15) is 13.0 Å². The van der Waals surface area contributed by atoms with E-state index in [1.807, 2.05) is 39.8 Å². The predicted molar refractivity (Wildman–Crippen MR) is 72.5 cm³/mol. The number of fused-ring (bicyclic) bond motifs is 1. The Hall–Kier alpha value is -1.13. The summed E-state index contributed by atoms with van der Waals surface area (Å²) in [6.45, 7) is 7.99. The van der Waals surface area contributed by atoms with Crippen molar-refractivity contribution in [3.05, 3.63) is 45.4 Å². The first-order chi connectivity index (χ1) is 8.25. The van der Waals surface area contributed by atoms with Crippen LogP contribution in [0.5, 0.6) is 0 Å². The van der Waals surface area contributed by atoms with Crippen LogP contribution in [0.4, 0.5) is 0 Å². The highest BCUT2D eigenvalue weighted by molar-refractivity contribution is 7.90. The Labute approximate surface area is 108 Å². The molecule has 0 aromatic rings. The summed E-state index contributed by atoms with van der Waals surface area (Å²) in [6.07, 6.45) is 5.51. The van der Waals surface area contributed by atoms with E-state index in [1.165, 1.54) is 0 Å². The molecule has 0 spiro atoms. The molecule has 0 heterocycles. The van der Waals surface area contributed by atoms with Gasteiger partial charge in [-0.3, -0.25) is 4.55 Å². The van der Waals surface area contributed by atoms with Crippen molar-refractivity contribution in [2.24, 2.45) is 11.8 Å². The van der Waals surface area contributed by atoms with Crippen LogP contribution in [0.2, 0.25) is 0 Å². The maximum Gasteiger partial charge on any atom is 0.295 e. The van der Waals surface area contributed by atoms with Crippen molar-refractivity contribution in [1.29, 1.82) is 0 Å². The van der Waals surface area contributed by atoms with Crippen LogP contribution in [0.3, 0.4) is 0 Å². The van der Waals surface area contributed by atoms with Gasteiger partial charge in [-0.2, -0.15) is 8.42 Å². The van der Waals surface area contributed by atoms with Gasteiger partial charge in [0.1, 0.15) is 4.91 Å². The zero-order valence-electron chi connectivity index (χ0n) is 11.1. The molecule has 2 rings (SSSR count). The van der Waals surface area contributed by atoms with Gasteiger partial charge in [0.05, 0.1) is 0 Å². The Morgan fingerprint density at radius 1 is 1.06 bits per heavy atom. The van der Waals surface area contributed by atoms with E-state index in [0.29, 0.717) is 5.57 Å². The second-order valence-electron chi connectivity index (χ2n) is 5.29. The monoisotopic (exact) mass is 266 g/mol. The molecule has 0 amide bonds. The Bertz CT molecular complexity index is 611. The molecular formula is C14H18O3S. The predicted octanol–water partition coefficient (Wildman–Crippen LogP) is 3.25. The van der Waals surface area contributed by atoms with Gasteiger partial charge in [-0.1, -0.05) is 45.9 Å². The summed E-state index contributed by atoms with van der Waals surface area (Å²) in [7, 11) is -4.19. The van der Waals surface area contributed by atoms with Crippen LogP contribution in [0.15, 0.2) is 45.4 Å². The van der Waals surface area contributed by atoms with Gasteiger partial charge in [-0.05, 0) is 28.6 Å². The number of hydrogen-bond acceptors (Lipinski definition) is 2. The lowest BCUT2D eigenvalue weighted by Gasteiger charge is -2.17. The summed E-state index contributed by atoms with van der Waals surface area (Å²) in [5.74, 6) is 0.287. The molecule has 18 heavy (non-hydrogen) atoms. The molecule has 0 bridgehead atoms. The quantitative estimate of drug-likeness (QED) is 0.798. The topological polar surface area (TPSA) is 54.4 Å². The fourth-order valence-corrected chi connectivity index (χ4v) is 3.82. The first-order valence-electron chi connectivity index (χ1n) is 6.10. The minimum Gasteiger partial charge on any atom is -0.282 e. The van der Waals surface area contributed by atoms with Gasteiger partial charge < -0.3 is 0 Å². The van der Waals surface area contributed by atoms with Gasteiger partial charge in [0.25, 0.3) is 10.1 Å². The Morgan fingerprint density at radius 3 is 2.06 bits per heavy atom. The van der Waals surface area contributed by atoms with Crippen LogP contribution >= 0.6 is 0 Å². The number of allylic oxidation sites excluding steroid dienone is 7. The van der Waals surface area contributed by atoms with Crippen molar-refractivity contribution >= 4 is 10.1 Å². The molecule has 98 valence electrons. The molecule has 0 radical (unpaired) electrons. The van der Waals surface area contributed by atoms with Gasteiger partial charge in [-0.15, -0.1) is 0 Å². The number of hydrogen-bond donors (Lipinski definition) is 1. The highest BCUT2D eigenvalue weighted by Gasteiger charge is 2.37. The van der Waals surface area contributed by atoms with Crippen molar-refractivity contribution in [2.75, 3.05) is 0 Å². The lowest BCUT2D eigenvalue weighted by atomic mass is 9.88. The Morgan fingerprint density at radius 2 is 1.61 bits per heavy atom. The van der Waals surface area contributed by atoms with E-state index in [0.717, 1.165) is 16.7 Å². The SMILES string of the molecule is CC(C)C1=C2C=CC=C2C(S(=O)(=O)O)=C1C(C)C. The second-order valence-corrected chi connectivity index (χ2v) is 6.65. The minimum atomic E-state index is -4.19. The third-order valence-electron chi connectivity index (χ3n) is 3.30. The smallest absolute Gasteiger partial charge is 0.282 e. The van der Waals surface area contributed by atoms with Crippen LogP contribution in [0.1, 0.15) is 27.7 Å². The van der Waals surface area contributed by atoms with Gasteiger partial charge in [0, 0.05) is 5.57 Å². The fraction of sp³-hybridized carbons (Fsp3) is 0.429. The third kappa shape index (κ3) is 1.89.